The van der Waals surface area contributed by atoms with Crippen LogP contribution in [0.2, 0.25) is 0 Å². The van der Waals surface area contributed by atoms with E-state index >= 15 is 0 Å². The lowest BCUT2D eigenvalue weighted by Gasteiger charge is -2.38. The first kappa shape index (κ1) is 22.8. The fourth-order valence-corrected chi connectivity index (χ4v) is 4.27. The molecule has 2 heterocycles. The van der Waals surface area contributed by atoms with E-state index in [0.717, 1.165) is 57.9 Å². The summed E-state index contributed by atoms with van der Waals surface area (Å²) in [4.78, 5) is 9.23. The molecule has 2 fully saturated rings. The zero-order valence-corrected chi connectivity index (χ0v) is 19.5. The maximum Gasteiger partial charge on any atom is 0.191 e. The second kappa shape index (κ2) is 10.4. The van der Waals surface area contributed by atoms with Crippen molar-refractivity contribution in [1.82, 2.24) is 4.90 Å². The van der Waals surface area contributed by atoms with E-state index in [-0.39, 0.29) is 35.2 Å². The number of nitrogens with two attached hydrogens (primary N) is 1. The monoisotopic (exact) mass is 524 g/mol. The van der Waals surface area contributed by atoms with Gasteiger partial charge in [-0.25, -0.2) is 4.39 Å². The van der Waals surface area contributed by atoms with Gasteiger partial charge in [0.25, 0.3) is 0 Å². The van der Waals surface area contributed by atoms with Crippen molar-refractivity contribution in [3.63, 3.8) is 0 Å². The summed E-state index contributed by atoms with van der Waals surface area (Å²) in [7, 11) is 0. The SMILES string of the molecule is I.NC(=NCC1(c2ccccc2)CCOCC1)N1CCN(c2ccc(F)cc2)CC1. The van der Waals surface area contributed by atoms with Gasteiger partial charge in [0.1, 0.15) is 5.82 Å². The summed E-state index contributed by atoms with van der Waals surface area (Å²) < 4.78 is 18.8. The van der Waals surface area contributed by atoms with Gasteiger partial charge in [-0.3, -0.25) is 4.99 Å². The molecule has 2 N–H and O–H groups in total. The molecule has 4 rings (SSSR count). The van der Waals surface area contributed by atoms with Gasteiger partial charge >= 0.3 is 0 Å². The molecule has 0 unspecified atom stereocenters. The first-order chi connectivity index (χ1) is 14.2. The van der Waals surface area contributed by atoms with Crippen LogP contribution in [-0.2, 0) is 10.2 Å². The summed E-state index contributed by atoms with van der Waals surface area (Å²) in [6, 6.07) is 17.3. The van der Waals surface area contributed by atoms with Gasteiger partial charge in [-0.2, -0.15) is 0 Å². The molecule has 162 valence electrons. The molecule has 0 radical (unpaired) electrons. The number of rotatable bonds is 4. The molecule has 7 heteroatoms. The molecular formula is C23H30FIN4O. The number of guanidine groups is 1. The van der Waals surface area contributed by atoms with Gasteiger partial charge in [0, 0.05) is 50.5 Å². The maximum atomic E-state index is 13.1. The highest BCUT2D eigenvalue weighted by Crippen LogP contribution is 2.35. The standard InChI is InChI=1S/C23H29FN4O.HI/c24-20-6-8-21(9-7-20)27-12-14-28(15-13-27)22(25)26-18-23(10-16-29-17-11-23)19-4-2-1-3-5-19;/h1-9H,10-18H2,(H2,25,26);1H. The van der Waals surface area contributed by atoms with Crippen molar-refractivity contribution >= 4 is 35.6 Å². The molecule has 0 saturated carbocycles. The number of hydrogen-bond donors (Lipinski definition) is 1. The predicted molar refractivity (Wildman–Crippen MR) is 130 cm³/mol. The molecule has 30 heavy (non-hydrogen) atoms. The molecule has 0 aromatic heterocycles. The lowest BCUT2D eigenvalue weighted by Crippen LogP contribution is -2.51. The Morgan fingerprint density at radius 2 is 1.60 bits per heavy atom. The largest absolute Gasteiger partial charge is 0.381 e. The number of hydrogen-bond acceptors (Lipinski definition) is 3. The highest BCUT2D eigenvalue weighted by atomic mass is 127. The molecule has 2 aromatic rings. The van der Waals surface area contributed by atoms with Crippen molar-refractivity contribution < 1.29 is 9.13 Å². The van der Waals surface area contributed by atoms with Gasteiger partial charge in [-0.05, 0) is 42.7 Å². The summed E-state index contributed by atoms with van der Waals surface area (Å²) >= 11 is 0. The third-order valence-corrected chi connectivity index (χ3v) is 6.18. The Morgan fingerprint density at radius 3 is 2.23 bits per heavy atom. The molecule has 0 bridgehead atoms. The molecular weight excluding hydrogens is 494 g/mol. The summed E-state index contributed by atoms with van der Waals surface area (Å²) in [6.45, 7) is 5.53. The molecule has 2 aliphatic rings. The number of anilines is 1. The van der Waals surface area contributed by atoms with Crippen molar-refractivity contribution in [1.29, 1.82) is 0 Å². The number of halogens is 2. The van der Waals surface area contributed by atoms with Crippen LogP contribution in [0, 0.1) is 5.82 Å². The van der Waals surface area contributed by atoms with Gasteiger partial charge in [-0.15, -0.1) is 24.0 Å². The molecule has 0 spiro atoms. The highest BCUT2D eigenvalue weighted by molar-refractivity contribution is 14.0. The van der Waals surface area contributed by atoms with E-state index in [9.17, 15) is 4.39 Å². The van der Waals surface area contributed by atoms with Gasteiger partial charge < -0.3 is 20.3 Å². The van der Waals surface area contributed by atoms with Crippen LogP contribution < -0.4 is 10.6 Å². The molecule has 5 nitrogen and oxygen atoms in total. The van der Waals surface area contributed by atoms with Crippen molar-refractivity contribution in [2.45, 2.75) is 18.3 Å². The van der Waals surface area contributed by atoms with E-state index in [1.165, 1.54) is 17.7 Å². The van der Waals surface area contributed by atoms with Crippen LogP contribution in [0.1, 0.15) is 18.4 Å². The number of nitrogens with zero attached hydrogens (tertiary/aromatic N) is 3. The Bertz CT molecular complexity index is 817. The van der Waals surface area contributed by atoms with E-state index in [1.807, 2.05) is 12.1 Å². The van der Waals surface area contributed by atoms with Crippen molar-refractivity contribution in [2.24, 2.45) is 10.7 Å². The Balaban J connectivity index is 0.00000256. The molecule has 0 aliphatic carbocycles. The summed E-state index contributed by atoms with van der Waals surface area (Å²) in [5, 5.41) is 0. The summed E-state index contributed by atoms with van der Waals surface area (Å²) in [5.41, 5.74) is 8.75. The van der Waals surface area contributed by atoms with E-state index in [2.05, 4.69) is 40.1 Å². The van der Waals surface area contributed by atoms with Crippen molar-refractivity contribution in [3.05, 3.63) is 66.0 Å². The van der Waals surface area contributed by atoms with Crippen LogP contribution in [0.5, 0.6) is 0 Å². The van der Waals surface area contributed by atoms with Gasteiger partial charge in [0.05, 0.1) is 6.54 Å². The summed E-state index contributed by atoms with van der Waals surface area (Å²) in [5.74, 6) is 0.412. The average molecular weight is 524 g/mol. The Labute approximate surface area is 195 Å². The molecule has 2 aliphatic heterocycles. The lowest BCUT2D eigenvalue weighted by atomic mass is 9.74. The Kier molecular flexibility index (Phi) is 7.93. The van der Waals surface area contributed by atoms with Gasteiger partial charge in [-0.1, -0.05) is 30.3 Å². The lowest BCUT2D eigenvalue weighted by molar-refractivity contribution is 0.0530. The molecule has 0 atom stereocenters. The Morgan fingerprint density at radius 1 is 0.967 bits per heavy atom. The average Bonchev–Trinajstić information content (AvgIpc) is 2.79. The van der Waals surface area contributed by atoms with Crippen molar-refractivity contribution in [2.75, 3.05) is 50.8 Å². The Hall–Kier alpha value is -1.87. The number of ether oxygens (including phenoxy) is 1. The molecule has 0 amide bonds. The smallest absolute Gasteiger partial charge is 0.191 e. The first-order valence-electron chi connectivity index (χ1n) is 10.3. The summed E-state index contributed by atoms with van der Waals surface area (Å²) in [6.07, 6.45) is 1.93. The maximum absolute atomic E-state index is 13.1. The van der Waals surface area contributed by atoms with Crippen LogP contribution in [0.25, 0.3) is 0 Å². The third-order valence-electron chi connectivity index (χ3n) is 6.18. The third kappa shape index (κ3) is 5.24. The molecule has 2 saturated heterocycles. The molecule has 2 aromatic carbocycles. The van der Waals surface area contributed by atoms with Crippen LogP contribution >= 0.6 is 24.0 Å². The fraction of sp³-hybridized carbons (Fsp3) is 0.435. The van der Waals surface area contributed by atoms with Crippen LogP contribution in [0.3, 0.4) is 0 Å². The fourth-order valence-electron chi connectivity index (χ4n) is 4.27. The predicted octanol–water partition coefficient (Wildman–Crippen LogP) is 3.63. The van der Waals surface area contributed by atoms with Crippen LogP contribution in [0.4, 0.5) is 10.1 Å². The second-order valence-electron chi connectivity index (χ2n) is 7.88. The van der Waals surface area contributed by atoms with E-state index in [1.54, 1.807) is 0 Å². The van der Waals surface area contributed by atoms with Gasteiger partial charge in [0.15, 0.2) is 5.96 Å². The number of piperazine rings is 1. The minimum atomic E-state index is -0.204. The number of aliphatic imine (C=N–C) groups is 1. The second-order valence-corrected chi connectivity index (χ2v) is 7.88. The zero-order valence-electron chi connectivity index (χ0n) is 17.2. The first-order valence-corrected chi connectivity index (χ1v) is 10.3. The zero-order chi connectivity index (χ0) is 20.1. The normalized spacial score (nSPS) is 19.3. The van der Waals surface area contributed by atoms with Crippen LogP contribution in [0.15, 0.2) is 59.6 Å². The van der Waals surface area contributed by atoms with Crippen LogP contribution in [-0.4, -0.2) is 56.8 Å². The minimum Gasteiger partial charge on any atom is -0.381 e. The van der Waals surface area contributed by atoms with E-state index in [4.69, 9.17) is 15.5 Å². The highest BCUT2D eigenvalue weighted by Gasteiger charge is 2.34. The van der Waals surface area contributed by atoms with Crippen molar-refractivity contribution in [3.8, 4) is 0 Å². The van der Waals surface area contributed by atoms with E-state index in [0.29, 0.717) is 12.5 Å². The van der Waals surface area contributed by atoms with Gasteiger partial charge in [0.2, 0.25) is 0 Å². The minimum absolute atomic E-state index is 0. The quantitative estimate of drug-likeness (QED) is 0.377. The van der Waals surface area contributed by atoms with E-state index < -0.39 is 0 Å². The number of benzene rings is 2. The topological polar surface area (TPSA) is 54.1 Å².